The van der Waals surface area contributed by atoms with Crippen LogP contribution in [-0.2, 0) is 0 Å². The minimum Gasteiger partial charge on any atom is -0.508 e. The number of nitrogens with zero attached hydrogens (tertiary/aromatic N) is 1. The van der Waals surface area contributed by atoms with E-state index in [0.29, 0.717) is 6.54 Å². The van der Waals surface area contributed by atoms with Crippen molar-refractivity contribution in [3.8, 4) is 17.1 Å². The zero-order valence-electron chi connectivity index (χ0n) is 14.5. The predicted octanol–water partition coefficient (Wildman–Crippen LogP) is 6.04. The highest BCUT2D eigenvalue weighted by atomic mass is 32.1. The van der Waals surface area contributed by atoms with Crippen molar-refractivity contribution in [1.29, 1.82) is 0 Å². The molecule has 1 unspecified atom stereocenters. The van der Waals surface area contributed by atoms with Gasteiger partial charge in [-0.05, 0) is 47.6 Å². The Morgan fingerprint density at radius 3 is 2.26 bits per heavy atom. The van der Waals surface area contributed by atoms with Gasteiger partial charge in [0.15, 0.2) is 0 Å². The molecule has 0 radical (unpaired) electrons. The van der Waals surface area contributed by atoms with E-state index in [1.54, 1.807) is 12.1 Å². The molecule has 0 aliphatic heterocycles. The van der Waals surface area contributed by atoms with Crippen LogP contribution in [0, 0.1) is 0 Å². The van der Waals surface area contributed by atoms with Crippen LogP contribution >= 0.6 is 12.2 Å². The van der Waals surface area contributed by atoms with Crippen molar-refractivity contribution in [2.45, 2.75) is 5.92 Å². The van der Waals surface area contributed by atoms with E-state index < -0.39 is 0 Å². The Morgan fingerprint density at radius 1 is 0.926 bits per heavy atom. The van der Waals surface area contributed by atoms with Crippen LogP contribution in [0.25, 0.3) is 22.3 Å². The molecule has 0 spiro atoms. The third-order valence-electron chi connectivity index (χ3n) is 4.66. The molecule has 0 bridgehead atoms. The number of fused-ring (bicyclic) bond motifs is 1. The summed E-state index contributed by atoms with van der Waals surface area (Å²) in [6.45, 7) is 0.512. The first-order valence-corrected chi connectivity index (χ1v) is 9.07. The van der Waals surface area contributed by atoms with Crippen LogP contribution in [0.3, 0.4) is 0 Å². The van der Waals surface area contributed by atoms with Crippen LogP contribution in [0.1, 0.15) is 17.0 Å². The van der Waals surface area contributed by atoms with Gasteiger partial charge in [0.1, 0.15) is 17.1 Å². The number of hydrogen-bond acceptors (Lipinski definition) is 4. The van der Waals surface area contributed by atoms with Gasteiger partial charge in [-0.3, -0.25) is 0 Å². The Balaban J connectivity index is 1.67. The van der Waals surface area contributed by atoms with Crippen LogP contribution < -0.4 is 0 Å². The average molecular weight is 371 g/mol. The molecule has 0 amide bonds. The molecular formula is C23H17NO2S. The van der Waals surface area contributed by atoms with Crippen molar-refractivity contribution in [1.82, 2.24) is 0 Å². The normalized spacial score (nSPS) is 11.9. The lowest BCUT2D eigenvalue weighted by Gasteiger charge is -2.16. The van der Waals surface area contributed by atoms with E-state index >= 15 is 0 Å². The summed E-state index contributed by atoms with van der Waals surface area (Å²) in [5.74, 6) is 1.14. The summed E-state index contributed by atoms with van der Waals surface area (Å²) in [5, 5.41) is 13.1. The quantitative estimate of drug-likeness (QED) is 0.344. The van der Waals surface area contributed by atoms with Crippen molar-refractivity contribution in [2.24, 2.45) is 4.99 Å². The predicted molar refractivity (Wildman–Crippen MR) is 111 cm³/mol. The maximum Gasteiger partial charge on any atom is 0.135 e. The SMILES string of the molecule is Oc1ccc(C(CN=C=S)c2ccc(-c3cc4ccccc4o3)cc2)cc1. The van der Waals surface area contributed by atoms with Crippen molar-refractivity contribution in [3.63, 3.8) is 0 Å². The fraction of sp³-hybridized carbons (Fsp3) is 0.0870. The molecule has 1 N–H and O–H groups in total. The molecule has 1 aromatic heterocycles. The van der Waals surface area contributed by atoms with Gasteiger partial charge in [0, 0.05) is 16.9 Å². The summed E-state index contributed by atoms with van der Waals surface area (Å²) in [5.41, 5.74) is 4.10. The second-order valence-electron chi connectivity index (χ2n) is 6.35. The van der Waals surface area contributed by atoms with E-state index in [-0.39, 0.29) is 11.7 Å². The second-order valence-corrected chi connectivity index (χ2v) is 6.53. The third-order valence-corrected chi connectivity index (χ3v) is 4.79. The van der Waals surface area contributed by atoms with E-state index in [4.69, 9.17) is 16.6 Å². The van der Waals surface area contributed by atoms with Gasteiger partial charge in [-0.15, -0.1) is 0 Å². The van der Waals surface area contributed by atoms with Gasteiger partial charge >= 0.3 is 0 Å². The van der Waals surface area contributed by atoms with Gasteiger partial charge in [-0.1, -0.05) is 54.6 Å². The largest absolute Gasteiger partial charge is 0.508 e. The summed E-state index contributed by atoms with van der Waals surface area (Å²) in [6.07, 6.45) is 0. The lowest BCUT2D eigenvalue weighted by Crippen LogP contribution is -2.04. The molecule has 4 aromatic rings. The standard InChI is InChI=1S/C23H17NO2S/c25-20-11-9-17(10-12-20)21(14-24-15-27)16-5-7-18(8-6-16)23-13-19-3-1-2-4-22(19)26-23/h1-13,21,25H,14H2. The average Bonchev–Trinajstić information content (AvgIpc) is 3.14. The number of phenols is 1. The molecule has 132 valence electrons. The van der Waals surface area contributed by atoms with Gasteiger partial charge < -0.3 is 9.52 Å². The lowest BCUT2D eigenvalue weighted by atomic mass is 9.90. The highest BCUT2D eigenvalue weighted by Crippen LogP contribution is 2.31. The second kappa shape index (κ2) is 7.58. The van der Waals surface area contributed by atoms with Gasteiger partial charge in [0.2, 0.25) is 0 Å². The highest BCUT2D eigenvalue weighted by molar-refractivity contribution is 7.78. The smallest absolute Gasteiger partial charge is 0.135 e. The number of phenolic OH excluding ortho intramolecular Hbond substituents is 1. The van der Waals surface area contributed by atoms with Crippen LogP contribution in [0.4, 0.5) is 0 Å². The highest BCUT2D eigenvalue weighted by Gasteiger charge is 2.15. The van der Waals surface area contributed by atoms with Crippen LogP contribution in [-0.4, -0.2) is 16.8 Å². The Kier molecular flexibility index (Phi) is 4.84. The number of rotatable bonds is 5. The molecule has 3 aromatic carbocycles. The Hall–Kier alpha value is -3.20. The van der Waals surface area contributed by atoms with E-state index in [1.807, 2.05) is 36.4 Å². The molecule has 4 heteroatoms. The van der Waals surface area contributed by atoms with Gasteiger partial charge in [0.05, 0.1) is 11.7 Å². The number of hydrogen-bond donors (Lipinski definition) is 1. The Labute approximate surface area is 162 Å². The minimum absolute atomic E-state index is 0.0470. The molecular weight excluding hydrogens is 354 g/mol. The zero-order valence-corrected chi connectivity index (χ0v) is 15.3. The summed E-state index contributed by atoms with van der Waals surface area (Å²) < 4.78 is 5.95. The lowest BCUT2D eigenvalue weighted by molar-refractivity contribution is 0.475. The number of isothiocyanates is 1. The van der Waals surface area contributed by atoms with E-state index in [0.717, 1.165) is 33.4 Å². The molecule has 0 fully saturated rings. The number of para-hydroxylation sites is 1. The van der Waals surface area contributed by atoms with E-state index in [1.165, 1.54) is 0 Å². The number of thiocarbonyl (C=S) groups is 1. The number of aliphatic imine (C=N–C) groups is 1. The monoisotopic (exact) mass is 371 g/mol. The summed E-state index contributed by atoms with van der Waals surface area (Å²) in [6, 6.07) is 25.5. The Morgan fingerprint density at radius 2 is 1.59 bits per heavy atom. The first-order chi connectivity index (χ1) is 13.2. The van der Waals surface area contributed by atoms with E-state index in [2.05, 4.69) is 40.5 Å². The molecule has 1 atom stereocenters. The van der Waals surface area contributed by atoms with Crippen molar-refractivity contribution < 1.29 is 9.52 Å². The Bertz CT molecular complexity index is 1070. The van der Waals surface area contributed by atoms with Gasteiger partial charge in [0.25, 0.3) is 0 Å². The summed E-state index contributed by atoms with van der Waals surface area (Å²) in [4.78, 5) is 4.14. The molecule has 0 saturated heterocycles. The molecule has 0 saturated carbocycles. The first kappa shape index (κ1) is 17.2. The summed E-state index contributed by atoms with van der Waals surface area (Å²) >= 11 is 4.74. The van der Waals surface area contributed by atoms with Crippen LogP contribution in [0.15, 0.2) is 88.3 Å². The maximum absolute atomic E-state index is 9.54. The third kappa shape index (κ3) is 3.68. The van der Waals surface area contributed by atoms with Crippen molar-refractivity contribution in [3.05, 3.63) is 90.0 Å². The molecule has 1 heterocycles. The van der Waals surface area contributed by atoms with Crippen molar-refractivity contribution in [2.75, 3.05) is 6.54 Å². The minimum atomic E-state index is 0.0470. The fourth-order valence-corrected chi connectivity index (χ4v) is 3.32. The van der Waals surface area contributed by atoms with Crippen LogP contribution in [0.2, 0.25) is 0 Å². The van der Waals surface area contributed by atoms with E-state index in [9.17, 15) is 5.11 Å². The number of benzene rings is 3. The zero-order chi connectivity index (χ0) is 18.6. The van der Waals surface area contributed by atoms with Crippen LogP contribution in [0.5, 0.6) is 5.75 Å². The maximum atomic E-state index is 9.54. The fourth-order valence-electron chi connectivity index (χ4n) is 3.24. The summed E-state index contributed by atoms with van der Waals surface area (Å²) in [7, 11) is 0. The first-order valence-electron chi connectivity index (χ1n) is 8.66. The topological polar surface area (TPSA) is 45.7 Å². The number of furan rings is 1. The van der Waals surface area contributed by atoms with Gasteiger partial charge in [-0.2, -0.15) is 0 Å². The molecule has 27 heavy (non-hydrogen) atoms. The molecule has 3 nitrogen and oxygen atoms in total. The van der Waals surface area contributed by atoms with Crippen molar-refractivity contribution >= 4 is 28.3 Å². The van der Waals surface area contributed by atoms with Gasteiger partial charge in [-0.25, -0.2) is 4.99 Å². The molecule has 4 rings (SSSR count). The molecule has 0 aliphatic carbocycles. The molecule has 0 aliphatic rings. The number of aromatic hydroxyl groups is 1.